The molecule has 0 aliphatic carbocycles. The van der Waals surface area contributed by atoms with Crippen molar-refractivity contribution in [1.82, 2.24) is 4.90 Å². The number of carbonyl (C=O) groups excluding carboxylic acids is 2. The fourth-order valence-electron chi connectivity index (χ4n) is 3.97. The highest BCUT2D eigenvalue weighted by Gasteiger charge is 2.36. The minimum atomic E-state index is -3.16. The Labute approximate surface area is 210 Å². The highest BCUT2D eigenvalue weighted by molar-refractivity contribution is 8.14. The number of furan rings is 1. The molecular formula is C23H23F2N3O6S2. The highest BCUT2D eigenvalue weighted by atomic mass is 32.2. The Morgan fingerprint density at radius 2 is 2.08 bits per heavy atom. The maximum atomic E-state index is 13.2. The van der Waals surface area contributed by atoms with Crippen molar-refractivity contribution in [2.75, 3.05) is 28.7 Å². The van der Waals surface area contributed by atoms with Gasteiger partial charge >= 0.3 is 6.61 Å². The third kappa shape index (κ3) is 5.95. The van der Waals surface area contributed by atoms with E-state index in [0.717, 1.165) is 11.8 Å². The SMILES string of the molecule is CCN(C(=O)CSC1=N/C(=C\c2ccco2)C(=O)N1c1ccc(OC(F)F)cc1)C1CCS(=O)(=O)C1. The molecule has 1 aromatic heterocycles. The predicted octanol–water partition coefficient (Wildman–Crippen LogP) is 3.39. The number of ether oxygens (including phenoxy) is 1. The molecule has 0 bridgehead atoms. The van der Waals surface area contributed by atoms with Gasteiger partial charge in [0.05, 0.1) is 29.2 Å². The summed E-state index contributed by atoms with van der Waals surface area (Å²) in [5, 5.41) is 0.212. The van der Waals surface area contributed by atoms with Gasteiger partial charge in [0.1, 0.15) is 17.2 Å². The van der Waals surface area contributed by atoms with E-state index in [0.29, 0.717) is 24.4 Å². The summed E-state index contributed by atoms with van der Waals surface area (Å²) in [6.45, 7) is -0.852. The van der Waals surface area contributed by atoms with Crippen LogP contribution in [0.3, 0.4) is 0 Å². The summed E-state index contributed by atoms with van der Waals surface area (Å²) < 4.78 is 58.4. The molecule has 0 N–H and O–H groups in total. The zero-order valence-corrected chi connectivity index (χ0v) is 20.8. The van der Waals surface area contributed by atoms with Gasteiger partial charge in [-0.05, 0) is 49.7 Å². The van der Waals surface area contributed by atoms with E-state index in [1.54, 1.807) is 19.1 Å². The van der Waals surface area contributed by atoms with E-state index in [4.69, 9.17) is 4.42 Å². The Kier molecular flexibility index (Phi) is 7.79. The van der Waals surface area contributed by atoms with Crippen molar-refractivity contribution in [2.24, 2.45) is 4.99 Å². The Bertz CT molecular complexity index is 1280. The molecule has 0 saturated carbocycles. The van der Waals surface area contributed by atoms with Crippen LogP contribution in [0.15, 0.2) is 57.8 Å². The van der Waals surface area contributed by atoms with E-state index < -0.39 is 22.4 Å². The molecule has 1 fully saturated rings. The summed E-state index contributed by atoms with van der Waals surface area (Å²) in [5.74, 6) is -0.514. The Morgan fingerprint density at radius 3 is 2.67 bits per heavy atom. The van der Waals surface area contributed by atoms with E-state index in [1.165, 1.54) is 46.4 Å². The highest BCUT2D eigenvalue weighted by Crippen LogP contribution is 2.31. The van der Waals surface area contributed by atoms with Crippen LogP contribution in [0.1, 0.15) is 19.1 Å². The normalized spacial score (nSPS) is 20.3. The second-order valence-corrected chi connectivity index (χ2v) is 11.1. The van der Waals surface area contributed by atoms with E-state index >= 15 is 0 Å². The van der Waals surface area contributed by atoms with Gasteiger partial charge in [-0.3, -0.25) is 14.5 Å². The van der Waals surface area contributed by atoms with Gasteiger partial charge in [-0.2, -0.15) is 8.78 Å². The lowest BCUT2D eigenvalue weighted by Gasteiger charge is -2.27. The Morgan fingerprint density at radius 1 is 1.33 bits per heavy atom. The first-order valence-electron chi connectivity index (χ1n) is 11.0. The molecule has 36 heavy (non-hydrogen) atoms. The Hall–Kier alpha value is -3.19. The van der Waals surface area contributed by atoms with Gasteiger partial charge in [-0.1, -0.05) is 11.8 Å². The van der Waals surface area contributed by atoms with Crippen LogP contribution in [0.25, 0.3) is 6.08 Å². The largest absolute Gasteiger partial charge is 0.465 e. The van der Waals surface area contributed by atoms with Gasteiger partial charge in [0.2, 0.25) is 5.91 Å². The summed E-state index contributed by atoms with van der Waals surface area (Å²) in [6, 6.07) is 8.40. The molecule has 1 aromatic carbocycles. The molecular weight excluding hydrogens is 516 g/mol. The van der Waals surface area contributed by atoms with E-state index in [-0.39, 0.29) is 45.8 Å². The molecule has 1 unspecified atom stereocenters. The van der Waals surface area contributed by atoms with Crippen molar-refractivity contribution >= 4 is 50.3 Å². The fraction of sp³-hybridized carbons (Fsp3) is 0.348. The molecule has 13 heteroatoms. The van der Waals surface area contributed by atoms with Crippen molar-refractivity contribution in [3.8, 4) is 5.75 Å². The summed E-state index contributed by atoms with van der Waals surface area (Å²) in [7, 11) is -3.16. The zero-order chi connectivity index (χ0) is 25.9. The average Bonchev–Trinajstić information content (AvgIpc) is 3.54. The van der Waals surface area contributed by atoms with Crippen LogP contribution in [0, 0.1) is 0 Å². The number of nitrogens with zero attached hydrogens (tertiary/aromatic N) is 3. The van der Waals surface area contributed by atoms with Crippen molar-refractivity contribution < 1.29 is 35.9 Å². The number of anilines is 1. The summed E-state index contributed by atoms with van der Waals surface area (Å²) in [4.78, 5) is 33.4. The maximum absolute atomic E-state index is 13.2. The number of carbonyl (C=O) groups is 2. The lowest BCUT2D eigenvalue weighted by molar-refractivity contribution is -0.129. The van der Waals surface area contributed by atoms with Crippen molar-refractivity contribution in [3.05, 3.63) is 54.1 Å². The van der Waals surface area contributed by atoms with Gasteiger partial charge < -0.3 is 14.1 Å². The first-order valence-corrected chi connectivity index (χ1v) is 13.8. The van der Waals surface area contributed by atoms with Crippen LogP contribution in [-0.2, 0) is 19.4 Å². The van der Waals surface area contributed by atoms with Crippen LogP contribution in [0.5, 0.6) is 5.75 Å². The first-order chi connectivity index (χ1) is 17.2. The molecule has 0 spiro atoms. The van der Waals surface area contributed by atoms with Crippen LogP contribution < -0.4 is 9.64 Å². The van der Waals surface area contributed by atoms with Crippen LogP contribution >= 0.6 is 11.8 Å². The molecule has 2 amide bonds. The molecule has 1 atom stereocenters. The summed E-state index contributed by atoms with van der Waals surface area (Å²) in [6.07, 6.45) is 3.30. The topological polar surface area (TPSA) is 109 Å². The monoisotopic (exact) mass is 539 g/mol. The number of amides is 2. The number of alkyl halides is 2. The first kappa shape index (κ1) is 25.9. The molecule has 1 saturated heterocycles. The number of benzene rings is 1. The van der Waals surface area contributed by atoms with Gasteiger partial charge in [0, 0.05) is 18.7 Å². The number of hydrogen-bond acceptors (Lipinski definition) is 8. The number of thioether (sulfide) groups is 1. The Balaban J connectivity index is 1.55. The van der Waals surface area contributed by atoms with Gasteiger partial charge in [-0.25, -0.2) is 13.4 Å². The number of rotatable bonds is 8. The van der Waals surface area contributed by atoms with E-state index in [1.807, 2.05) is 0 Å². The lowest BCUT2D eigenvalue weighted by Crippen LogP contribution is -2.42. The van der Waals surface area contributed by atoms with Crippen molar-refractivity contribution in [2.45, 2.75) is 26.0 Å². The van der Waals surface area contributed by atoms with Crippen LogP contribution in [0.2, 0.25) is 0 Å². The second kappa shape index (κ2) is 10.8. The summed E-state index contributed by atoms with van der Waals surface area (Å²) >= 11 is 1.02. The maximum Gasteiger partial charge on any atom is 0.387 e. The number of hydrogen-bond donors (Lipinski definition) is 0. The van der Waals surface area contributed by atoms with Gasteiger partial charge in [0.25, 0.3) is 5.91 Å². The standard InChI is InChI=1S/C23H23F2N3O6S2/c1-2-27(16-9-11-36(31,32)14-16)20(29)13-35-23-26-19(12-18-4-3-10-33-18)21(30)28(23)15-5-7-17(8-6-15)34-22(24)25/h3-8,10,12,16,22H,2,9,11,13-14H2,1H3/b19-12-. The van der Waals surface area contributed by atoms with Crippen LogP contribution in [-0.4, -0.2) is 66.8 Å². The minimum Gasteiger partial charge on any atom is -0.465 e. The van der Waals surface area contributed by atoms with Gasteiger partial charge in [0.15, 0.2) is 15.0 Å². The molecule has 9 nitrogen and oxygen atoms in total. The van der Waals surface area contributed by atoms with Gasteiger partial charge in [-0.15, -0.1) is 0 Å². The zero-order valence-electron chi connectivity index (χ0n) is 19.2. The number of halogens is 2. The predicted molar refractivity (Wildman–Crippen MR) is 132 cm³/mol. The molecule has 3 heterocycles. The van der Waals surface area contributed by atoms with E-state index in [9.17, 15) is 26.8 Å². The third-order valence-electron chi connectivity index (χ3n) is 5.61. The molecule has 0 radical (unpaired) electrons. The molecule has 192 valence electrons. The van der Waals surface area contributed by atoms with Crippen molar-refractivity contribution in [1.29, 1.82) is 0 Å². The minimum absolute atomic E-state index is 0.0514. The third-order valence-corrected chi connectivity index (χ3v) is 8.28. The fourth-order valence-corrected chi connectivity index (χ4v) is 6.60. The quantitative estimate of drug-likeness (QED) is 0.473. The number of amidine groups is 1. The lowest BCUT2D eigenvalue weighted by atomic mass is 10.2. The average molecular weight is 540 g/mol. The van der Waals surface area contributed by atoms with Crippen LogP contribution in [0.4, 0.5) is 14.5 Å². The smallest absolute Gasteiger partial charge is 0.387 e. The molecule has 2 aliphatic rings. The number of sulfone groups is 1. The molecule has 2 aliphatic heterocycles. The van der Waals surface area contributed by atoms with Crippen molar-refractivity contribution in [3.63, 3.8) is 0 Å². The molecule has 2 aromatic rings. The second-order valence-electron chi connectivity index (χ2n) is 7.98. The molecule has 4 rings (SSSR count). The summed E-state index contributed by atoms with van der Waals surface area (Å²) in [5.41, 5.74) is 0.416. The number of aliphatic imine (C=N–C) groups is 1. The van der Waals surface area contributed by atoms with E-state index in [2.05, 4.69) is 9.73 Å².